The van der Waals surface area contributed by atoms with Crippen LogP contribution in [0.15, 0.2) is 0 Å². The van der Waals surface area contributed by atoms with Crippen molar-refractivity contribution in [2.75, 3.05) is 26.2 Å². The smallest absolute Gasteiger partial charge is 0.0700 e. The maximum Gasteiger partial charge on any atom is 0.0700 e. The van der Waals surface area contributed by atoms with Crippen LogP contribution < -0.4 is 10.6 Å². The Kier molecular flexibility index (Phi) is 6.15. The molecule has 1 aliphatic rings. The van der Waals surface area contributed by atoms with Gasteiger partial charge in [-0.3, -0.25) is 0 Å². The average molecular weight is 200 g/mol. The minimum atomic E-state index is 0.462. The van der Waals surface area contributed by atoms with Crippen LogP contribution in [0, 0.1) is 0 Å². The van der Waals surface area contributed by atoms with Crippen LogP contribution in [0.1, 0.15) is 33.1 Å². The third kappa shape index (κ3) is 4.94. The van der Waals surface area contributed by atoms with E-state index >= 15 is 0 Å². The van der Waals surface area contributed by atoms with Gasteiger partial charge in [-0.2, -0.15) is 0 Å². The van der Waals surface area contributed by atoms with Gasteiger partial charge in [-0.05, 0) is 32.7 Å². The van der Waals surface area contributed by atoms with Crippen LogP contribution in [0.4, 0.5) is 0 Å². The minimum Gasteiger partial charge on any atom is -0.377 e. The van der Waals surface area contributed by atoms with Crippen molar-refractivity contribution in [3.63, 3.8) is 0 Å². The molecule has 0 aromatic heterocycles. The average Bonchev–Trinajstić information content (AvgIpc) is 2.68. The zero-order valence-corrected chi connectivity index (χ0v) is 9.51. The van der Waals surface area contributed by atoms with Crippen molar-refractivity contribution < 1.29 is 4.74 Å². The number of ether oxygens (including phenoxy) is 1. The first kappa shape index (κ1) is 12.0. The fourth-order valence-corrected chi connectivity index (χ4v) is 1.71. The third-order valence-electron chi connectivity index (χ3n) is 2.60. The van der Waals surface area contributed by atoms with E-state index in [1.807, 2.05) is 0 Å². The van der Waals surface area contributed by atoms with Crippen molar-refractivity contribution in [1.29, 1.82) is 0 Å². The summed E-state index contributed by atoms with van der Waals surface area (Å²) in [5, 5.41) is 6.90. The molecular weight excluding hydrogens is 176 g/mol. The molecule has 0 spiro atoms. The van der Waals surface area contributed by atoms with Gasteiger partial charge in [0.2, 0.25) is 0 Å². The van der Waals surface area contributed by atoms with E-state index in [4.69, 9.17) is 4.74 Å². The number of hydrogen-bond donors (Lipinski definition) is 2. The van der Waals surface area contributed by atoms with Gasteiger partial charge in [0.05, 0.1) is 6.10 Å². The fourth-order valence-electron chi connectivity index (χ4n) is 1.71. The first-order chi connectivity index (χ1) is 6.83. The van der Waals surface area contributed by atoms with Crippen LogP contribution in [0.2, 0.25) is 0 Å². The molecule has 1 rings (SSSR count). The summed E-state index contributed by atoms with van der Waals surface area (Å²) in [6.07, 6.45) is 4.12. The summed E-state index contributed by atoms with van der Waals surface area (Å²) in [4.78, 5) is 0. The van der Waals surface area contributed by atoms with E-state index < -0.39 is 0 Å². The fraction of sp³-hybridized carbons (Fsp3) is 1.00. The van der Waals surface area contributed by atoms with Gasteiger partial charge in [0, 0.05) is 25.7 Å². The van der Waals surface area contributed by atoms with E-state index in [-0.39, 0.29) is 0 Å². The van der Waals surface area contributed by atoms with E-state index in [0.29, 0.717) is 12.1 Å². The molecule has 1 unspecified atom stereocenters. The van der Waals surface area contributed by atoms with Gasteiger partial charge in [-0.1, -0.05) is 6.92 Å². The Bertz CT molecular complexity index is 135. The molecule has 3 nitrogen and oxygen atoms in total. The molecule has 2 N–H and O–H groups in total. The Balaban J connectivity index is 1.93. The maximum absolute atomic E-state index is 5.55. The summed E-state index contributed by atoms with van der Waals surface area (Å²) >= 11 is 0. The quantitative estimate of drug-likeness (QED) is 0.605. The van der Waals surface area contributed by atoms with Crippen LogP contribution in [-0.2, 0) is 4.74 Å². The molecule has 3 heteroatoms. The zero-order chi connectivity index (χ0) is 10.2. The lowest BCUT2D eigenvalue weighted by Crippen LogP contribution is -2.40. The molecule has 1 heterocycles. The van der Waals surface area contributed by atoms with Gasteiger partial charge in [0.1, 0.15) is 0 Å². The highest BCUT2D eigenvalue weighted by atomic mass is 16.5. The minimum absolute atomic E-state index is 0.462. The van der Waals surface area contributed by atoms with E-state index in [1.54, 1.807) is 0 Å². The van der Waals surface area contributed by atoms with Crippen molar-refractivity contribution in [3.05, 3.63) is 0 Å². The molecule has 0 aliphatic carbocycles. The summed E-state index contributed by atoms with van der Waals surface area (Å²) in [5.41, 5.74) is 0. The molecule has 1 aliphatic heterocycles. The van der Waals surface area contributed by atoms with Gasteiger partial charge >= 0.3 is 0 Å². The Labute approximate surface area is 87.6 Å². The Morgan fingerprint density at radius 1 is 1.50 bits per heavy atom. The van der Waals surface area contributed by atoms with Gasteiger partial charge in [0.15, 0.2) is 0 Å². The molecule has 0 bridgehead atoms. The molecule has 14 heavy (non-hydrogen) atoms. The lowest BCUT2D eigenvalue weighted by molar-refractivity contribution is 0.108. The predicted octanol–water partition coefficient (Wildman–Crippen LogP) is 1.14. The van der Waals surface area contributed by atoms with E-state index in [1.165, 1.54) is 19.3 Å². The number of hydrogen-bond acceptors (Lipinski definition) is 3. The van der Waals surface area contributed by atoms with Crippen molar-refractivity contribution in [2.24, 2.45) is 0 Å². The predicted molar refractivity (Wildman–Crippen MR) is 59.6 cm³/mol. The molecule has 1 fully saturated rings. The second kappa shape index (κ2) is 7.21. The molecule has 0 saturated carbocycles. The Morgan fingerprint density at radius 2 is 2.36 bits per heavy atom. The van der Waals surface area contributed by atoms with E-state index in [2.05, 4.69) is 24.5 Å². The number of rotatable bonds is 7. The molecule has 2 atom stereocenters. The third-order valence-corrected chi connectivity index (χ3v) is 2.60. The van der Waals surface area contributed by atoms with Crippen LogP contribution in [-0.4, -0.2) is 38.4 Å². The molecule has 0 amide bonds. The van der Waals surface area contributed by atoms with Gasteiger partial charge in [-0.15, -0.1) is 0 Å². The largest absolute Gasteiger partial charge is 0.377 e. The van der Waals surface area contributed by atoms with Gasteiger partial charge in [0.25, 0.3) is 0 Å². The normalized spacial score (nSPS) is 24.0. The second-order valence-corrected chi connectivity index (χ2v) is 4.15. The van der Waals surface area contributed by atoms with Gasteiger partial charge < -0.3 is 15.4 Å². The Morgan fingerprint density at radius 3 is 3.00 bits per heavy atom. The van der Waals surface area contributed by atoms with Crippen molar-refractivity contribution in [1.82, 2.24) is 10.6 Å². The summed E-state index contributed by atoms with van der Waals surface area (Å²) < 4.78 is 5.55. The molecular formula is C11H24N2O. The monoisotopic (exact) mass is 200 g/mol. The van der Waals surface area contributed by atoms with Gasteiger partial charge in [-0.25, -0.2) is 0 Å². The summed E-state index contributed by atoms with van der Waals surface area (Å²) in [7, 11) is 0. The van der Waals surface area contributed by atoms with Crippen LogP contribution >= 0.6 is 0 Å². The summed E-state index contributed by atoms with van der Waals surface area (Å²) in [6.45, 7) is 8.55. The molecule has 0 aromatic carbocycles. The zero-order valence-electron chi connectivity index (χ0n) is 9.51. The lowest BCUT2D eigenvalue weighted by Gasteiger charge is -2.17. The highest BCUT2D eigenvalue weighted by Crippen LogP contribution is 2.10. The van der Waals surface area contributed by atoms with E-state index in [9.17, 15) is 0 Å². The van der Waals surface area contributed by atoms with Crippen LogP contribution in [0.5, 0.6) is 0 Å². The molecule has 0 aromatic rings. The first-order valence-corrected chi connectivity index (χ1v) is 5.88. The second-order valence-electron chi connectivity index (χ2n) is 4.15. The maximum atomic E-state index is 5.55. The van der Waals surface area contributed by atoms with E-state index in [0.717, 1.165) is 26.2 Å². The van der Waals surface area contributed by atoms with Crippen molar-refractivity contribution in [3.8, 4) is 0 Å². The standard InChI is InChI=1S/C11H24N2O/c1-3-6-12-8-10(2)13-9-11-5-4-7-14-11/h10-13H,3-9H2,1-2H3/t10?,11-/m1/s1. The number of nitrogens with one attached hydrogen (secondary N) is 2. The molecule has 0 radical (unpaired) electrons. The Hall–Kier alpha value is -0.120. The molecule has 84 valence electrons. The topological polar surface area (TPSA) is 33.3 Å². The van der Waals surface area contributed by atoms with Crippen LogP contribution in [0.3, 0.4) is 0 Å². The lowest BCUT2D eigenvalue weighted by atomic mass is 10.2. The summed E-state index contributed by atoms with van der Waals surface area (Å²) in [6, 6.07) is 0.547. The SMILES string of the molecule is CCCNCC(C)NC[C@H]1CCCO1. The first-order valence-electron chi connectivity index (χ1n) is 5.88. The molecule has 1 saturated heterocycles. The van der Waals surface area contributed by atoms with Crippen molar-refractivity contribution >= 4 is 0 Å². The highest BCUT2D eigenvalue weighted by Gasteiger charge is 2.15. The van der Waals surface area contributed by atoms with Crippen molar-refractivity contribution in [2.45, 2.75) is 45.3 Å². The highest BCUT2D eigenvalue weighted by molar-refractivity contribution is 4.71. The van der Waals surface area contributed by atoms with Crippen LogP contribution in [0.25, 0.3) is 0 Å². The summed E-state index contributed by atoms with van der Waals surface area (Å²) in [5.74, 6) is 0.